The Morgan fingerprint density at radius 2 is 1.57 bits per heavy atom. The van der Waals surface area contributed by atoms with E-state index in [0.717, 1.165) is 0 Å². The third kappa shape index (κ3) is 4.44. The molecule has 0 bridgehead atoms. The second-order valence-corrected chi connectivity index (χ2v) is 7.05. The van der Waals surface area contributed by atoms with Crippen molar-refractivity contribution in [3.63, 3.8) is 0 Å². The quantitative estimate of drug-likeness (QED) is 0.648. The molecule has 3 rings (SSSR count). The number of likely N-dealkylation sites (tertiary alicyclic amines) is 1. The molecule has 0 aromatic heterocycles. The summed E-state index contributed by atoms with van der Waals surface area (Å²) in [6, 6.07) is 2.84. The fraction of sp³-hybridized carbons (Fsp3) is 0.571. The fourth-order valence-electron chi connectivity index (χ4n) is 3.83. The van der Waals surface area contributed by atoms with Gasteiger partial charge in [0, 0.05) is 24.7 Å². The standard InChI is InChI=1S/C21H29N3O6/c1-4-28-16-11-14(12-17(29-5-2)19(16)30-6-3)20(26)23-9-7-15(8-10-23)24-18(25)13-22-21(24)27/h11-12,15H,4-10,13H2,1-3H3,(H,22,27). The Kier molecular flexibility index (Phi) is 7.02. The number of amides is 4. The minimum absolute atomic E-state index is 0.0462. The number of ether oxygens (including phenoxy) is 3. The van der Waals surface area contributed by atoms with Gasteiger partial charge in [-0.3, -0.25) is 14.5 Å². The molecule has 0 spiro atoms. The molecule has 0 aliphatic carbocycles. The molecule has 4 amide bonds. The fourth-order valence-corrected chi connectivity index (χ4v) is 3.83. The maximum Gasteiger partial charge on any atom is 0.324 e. The lowest BCUT2D eigenvalue weighted by Gasteiger charge is -2.35. The van der Waals surface area contributed by atoms with Gasteiger partial charge in [0.1, 0.15) is 0 Å². The first kappa shape index (κ1) is 21.7. The van der Waals surface area contributed by atoms with Crippen molar-refractivity contribution >= 4 is 17.8 Å². The molecule has 9 nitrogen and oxygen atoms in total. The van der Waals surface area contributed by atoms with Gasteiger partial charge in [0.05, 0.1) is 26.4 Å². The van der Waals surface area contributed by atoms with Crippen LogP contribution in [0.25, 0.3) is 0 Å². The Morgan fingerprint density at radius 3 is 2.03 bits per heavy atom. The molecule has 164 valence electrons. The number of hydrogen-bond donors (Lipinski definition) is 1. The van der Waals surface area contributed by atoms with Crippen LogP contribution in [0.4, 0.5) is 4.79 Å². The van der Waals surface area contributed by atoms with Crippen LogP contribution in [0, 0.1) is 0 Å². The summed E-state index contributed by atoms with van der Waals surface area (Å²) >= 11 is 0. The second kappa shape index (κ2) is 9.69. The summed E-state index contributed by atoms with van der Waals surface area (Å²) < 4.78 is 17.1. The SMILES string of the molecule is CCOc1cc(C(=O)N2CCC(N3C(=O)CNC3=O)CC2)cc(OCC)c1OCC. The van der Waals surface area contributed by atoms with Crippen molar-refractivity contribution in [1.82, 2.24) is 15.1 Å². The number of benzene rings is 1. The van der Waals surface area contributed by atoms with Crippen molar-refractivity contribution in [3.8, 4) is 17.2 Å². The lowest BCUT2D eigenvalue weighted by molar-refractivity contribution is -0.127. The van der Waals surface area contributed by atoms with E-state index >= 15 is 0 Å². The van der Waals surface area contributed by atoms with Crippen LogP contribution in [0.15, 0.2) is 12.1 Å². The number of imide groups is 1. The van der Waals surface area contributed by atoms with E-state index in [0.29, 0.717) is 68.6 Å². The van der Waals surface area contributed by atoms with E-state index in [1.54, 1.807) is 17.0 Å². The van der Waals surface area contributed by atoms with Crippen LogP contribution in [0.1, 0.15) is 44.0 Å². The first-order valence-electron chi connectivity index (χ1n) is 10.5. The average Bonchev–Trinajstić information content (AvgIpc) is 3.08. The first-order chi connectivity index (χ1) is 14.5. The average molecular weight is 419 g/mol. The minimum atomic E-state index is -0.348. The predicted molar refractivity (Wildman–Crippen MR) is 109 cm³/mol. The van der Waals surface area contributed by atoms with Crippen molar-refractivity contribution in [2.45, 2.75) is 39.7 Å². The minimum Gasteiger partial charge on any atom is -0.490 e. The van der Waals surface area contributed by atoms with Crippen LogP contribution >= 0.6 is 0 Å². The van der Waals surface area contributed by atoms with Crippen molar-refractivity contribution in [1.29, 1.82) is 0 Å². The van der Waals surface area contributed by atoms with Crippen molar-refractivity contribution < 1.29 is 28.6 Å². The summed E-state index contributed by atoms with van der Waals surface area (Å²) in [4.78, 5) is 40.0. The Morgan fingerprint density at radius 1 is 1.00 bits per heavy atom. The molecule has 0 radical (unpaired) electrons. The summed E-state index contributed by atoms with van der Waals surface area (Å²) in [5.74, 6) is 1.09. The third-order valence-corrected chi connectivity index (χ3v) is 5.15. The first-order valence-corrected chi connectivity index (χ1v) is 10.5. The highest BCUT2D eigenvalue weighted by molar-refractivity contribution is 6.02. The normalized spacial score (nSPS) is 17.2. The maximum absolute atomic E-state index is 13.2. The molecule has 1 aromatic carbocycles. The molecule has 1 N–H and O–H groups in total. The molecule has 9 heteroatoms. The molecule has 2 heterocycles. The van der Waals surface area contributed by atoms with Gasteiger partial charge in [0.25, 0.3) is 5.91 Å². The maximum atomic E-state index is 13.2. The molecule has 0 saturated carbocycles. The second-order valence-electron chi connectivity index (χ2n) is 7.05. The highest BCUT2D eigenvalue weighted by atomic mass is 16.5. The van der Waals surface area contributed by atoms with Gasteiger partial charge in [-0.2, -0.15) is 0 Å². The number of carbonyl (C=O) groups is 3. The lowest BCUT2D eigenvalue weighted by atomic mass is 10.0. The van der Waals surface area contributed by atoms with Crippen molar-refractivity contribution in [2.24, 2.45) is 0 Å². The molecule has 2 aliphatic rings. The highest BCUT2D eigenvalue weighted by Gasteiger charge is 2.37. The molecule has 0 unspecified atom stereocenters. The number of hydrogen-bond acceptors (Lipinski definition) is 6. The van der Waals surface area contributed by atoms with Gasteiger partial charge < -0.3 is 24.4 Å². The number of urea groups is 1. The topological polar surface area (TPSA) is 97.4 Å². The van der Waals surface area contributed by atoms with Crippen molar-refractivity contribution in [2.75, 3.05) is 39.5 Å². The summed E-state index contributed by atoms with van der Waals surface area (Å²) in [6.07, 6.45) is 1.11. The Labute approximate surface area is 176 Å². The van der Waals surface area contributed by atoms with Crippen LogP contribution in [0.5, 0.6) is 17.2 Å². The number of piperidine rings is 1. The Hall–Kier alpha value is -2.97. The Balaban J connectivity index is 1.76. The molecule has 1 aromatic rings. The largest absolute Gasteiger partial charge is 0.490 e. The monoisotopic (exact) mass is 419 g/mol. The van der Waals surface area contributed by atoms with Gasteiger partial charge in [-0.25, -0.2) is 4.79 Å². The molecule has 2 aliphatic heterocycles. The molecule has 0 atom stereocenters. The van der Waals surface area contributed by atoms with E-state index in [2.05, 4.69) is 5.32 Å². The number of nitrogens with zero attached hydrogens (tertiary/aromatic N) is 2. The summed E-state index contributed by atoms with van der Waals surface area (Å²) in [6.45, 7) is 7.88. The number of rotatable bonds is 8. The molecule has 2 fully saturated rings. The third-order valence-electron chi connectivity index (χ3n) is 5.15. The molecular weight excluding hydrogens is 390 g/mol. The zero-order valence-corrected chi connectivity index (χ0v) is 17.7. The van der Waals surface area contributed by atoms with E-state index in [4.69, 9.17) is 14.2 Å². The van der Waals surface area contributed by atoms with Crippen LogP contribution in [0.3, 0.4) is 0 Å². The van der Waals surface area contributed by atoms with E-state index in [1.807, 2.05) is 20.8 Å². The van der Waals surface area contributed by atoms with Crippen LogP contribution in [-0.2, 0) is 4.79 Å². The van der Waals surface area contributed by atoms with Gasteiger partial charge in [0.2, 0.25) is 11.7 Å². The number of carbonyl (C=O) groups excluding carboxylic acids is 3. The van der Waals surface area contributed by atoms with Gasteiger partial charge >= 0.3 is 6.03 Å². The van der Waals surface area contributed by atoms with Crippen LogP contribution < -0.4 is 19.5 Å². The van der Waals surface area contributed by atoms with Gasteiger partial charge in [0.15, 0.2) is 11.5 Å². The summed E-state index contributed by atoms with van der Waals surface area (Å²) in [5.41, 5.74) is 0.457. The van der Waals surface area contributed by atoms with E-state index in [-0.39, 0.29) is 30.4 Å². The molecule has 30 heavy (non-hydrogen) atoms. The highest BCUT2D eigenvalue weighted by Crippen LogP contribution is 2.39. The molecular formula is C21H29N3O6. The van der Waals surface area contributed by atoms with Gasteiger partial charge in [-0.1, -0.05) is 0 Å². The Bertz CT molecular complexity index is 761. The van der Waals surface area contributed by atoms with E-state index in [9.17, 15) is 14.4 Å². The zero-order valence-electron chi connectivity index (χ0n) is 17.7. The van der Waals surface area contributed by atoms with E-state index in [1.165, 1.54) is 4.90 Å². The van der Waals surface area contributed by atoms with Crippen molar-refractivity contribution in [3.05, 3.63) is 17.7 Å². The lowest BCUT2D eigenvalue weighted by Crippen LogP contribution is -2.49. The van der Waals surface area contributed by atoms with Gasteiger partial charge in [-0.05, 0) is 45.7 Å². The number of nitrogens with one attached hydrogen (secondary N) is 1. The summed E-state index contributed by atoms with van der Waals surface area (Å²) in [5, 5.41) is 2.55. The summed E-state index contributed by atoms with van der Waals surface area (Å²) in [7, 11) is 0. The van der Waals surface area contributed by atoms with Gasteiger partial charge in [-0.15, -0.1) is 0 Å². The smallest absolute Gasteiger partial charge is 0.324 e. The van der Waals surface area contributed by atoms with Crippen LogP contribution in [-0.4, -0.2) is 73.1 Å². The molecule has 2 saturated heterocycles. The van der Waals surface area contributed by atoms with E-state index < -0.39 is 0 Å². The zero-order chi connectivity index (χ0) is 21.7. The predicted octanol–water partition coefficient (Wildman–Crippen LogP) is 2.04. The van der Waals surface area contributed by atoms with Crippen LogP contribution in [0.2, 0.25) is 0 Å².